The Morgan fingerprint density at radius 1 is 1.19 bits per heavy atom. The molecule has 2 aromatic carbocycles. The molecule has 1 aliphatic rings. The van der Waals surface area contributed by atoms with E-state index in [-0.39, 0.29) is 18.0 Å². The molecule has 3 rings (SSSR count). The van der Waals surface area contributed by atoms with Crippen LogP contribution in [0.3, 0.4) is 0 Å². The molecule has 0 saturated carbocycles. The van der Waals surface area contributed by atoms with Gasteiger partial charge in [0.25, 0.3) is 5.91 Å². The Kier molecular flexibility index (Phi) is 5.21. The maximum atomic E-state index is 14.6. The van der Waals surface area contributed by atoms with Gasteiger partial charge in [0.15, 0.2) is 0 Å². The van der Waals surface area contributed by atoms with Gasteiger partial charge in [-0.25, -0.2) is 4.39 Å². The van der Waals surface area contributed by atoms with Gasteiger partial charge in [-0.1, -0.05) is 18.2 Å². The second-order valence-electron chi connectivity index (χ2n) is 6.32. The molecule has 1 N–H and O–H groups in total. The maximum absolute atomic E-state index is 14.6. The number of likely N-dealkylation sites (tertiary alicyclic amines) is 1. The second-order valence-corrected chi connectivity index (χ2v) is 6.32. The van der Waals surface area contributed by atoms with Gasteiger partial charge in [-0.2, -0.15) is 0 Å². The molecule has 1 aliphatic heterocycles. The molecule has 6 heteroatoms. The summed E-state index contributed by atoms with van der Waals surface area (Å²) in [5, 5.41) is 8.98. The highest BCUT2D eigenvalue weighted by Gasteiger charge is 2.32. The zero-order valence-corrected chi connectivity index (χ0v) is 14.4. The summed E-state index contributed by atoms with van der Waals surface area (Å²) in [6, 6.07) is 11.3. The normalized spacial score (nSPS) is 16.5. The lowest BCUT2D eigenvalue weighted by Crippen LogP contribution is -2.37. The number of hydrogen-bond donors (Lipinski definition) is 1. The van der Waals surface area contributed by atoms with E-state index >= 15 is 0 Å². The Morgan fingerprint density at radius 3 is 2.50 bits per heavy atom. The summed E-state index contributed by atoms with van der Waals surface area (Å²) in [4.78, 5) is 25.1. The molecule has 1 heterocycles. The van der Waals surface area contributed by atoms with E-state index in [4.69, 9.17) is 9.84 Å². The largest absolute Gasteiger partial charge is 0.497 e. The van der Waals surface area contributed by atoms with E-state index in [0.29, 0.717) is 24.3 Å². The Hall–Kier alpha value is -2.89. The third-order valence-electron chi connectivity index (χ3n) is 4.67. The molecule has 0 radical (unpaired) electrons. The number of aliphatic carboxylic acids is 1. The molecule has 1 amide bonds. The number of ether oxygens (including phenoxy) is 1. The molecule has 136 valence electrons. The number of carbonyl (C=O) groups excluding carboxylic acids is 1. The number of nitrogens with zero attached hydrogens (tertiary/aromatic N) is 1. The van der Waals surface area contributed by atoms with E-state index in [0.717, 1.165) is 12.0 Å². The number of amides is 1. The number of carbonyl (C=O) groups is 2. The van der Waals surface area contributed by atoms with Crippen LogP contribution in [0.15, 0.2) is 42.5 Å². The highest BCUT2D eigenvalue weighted by atomic mass is 19.1. The minimum Gasteiger partial charge on any atom is -0.497 e. The van der Waals surface area contributed by atoms with Gasteiger partial charge in [0.1, 0.15) is 11.6 Å². The smallest absolute Gasteiger partial charge is 0.305 e. The van der Waals surface area contributed by atoms with E-state index in [9.17, 15) is 14.0 Å². The van der Waals surface area contributed by atoms with Crippen LogP contribution >= 0.6 is 0 Å². The topological polar surface area (TPSA) is 66.8 Å². The monoisotopic (exact) mass is 357 g/mol. The summed E-state index contributed by atoms with van der Waals surface area (Å²) in [7, 11) is 1.57. The van der Waals surface area contributed by atoms with Crippen molar-refractivity contribution in [3.8, 4) is 16.9 Å². The lowest BCUT2D eigenvalue weighted by atomic mass is 10.0. The first-order valence-corrected chi connectivity index (χ1v) is 8.46. The van der Waals surface area contributed by atoms with E-state index in [2.05, 4.69) is 0 Å². The first-order valence-electron chi connectivity index (χ1n) is 8.46. The standard InChI is InChI=1S/C20H20FNO4/c1-26-16-7-4-13(5-8-16)14-6-9-17(18(21)11-14)20(25)22-10-2-3-15(22)12-19(23)24/h4-9,11,15H,2-3,10,12H2,1H3,(H,23,24). The highest BCUT2D eigenvalue weighted by molar-refractivity contribution is 5.95. The van der Waals surface area contributed by atoms with Gasteiger partial charge in [0.2, 0.25) is 0 Å². The summed E-state index contributed by atoms with van der Waals surface area (Å²) in [5.41, 5.74) is 1.44. The van der Waals surface area contributed by atoms with Crippen LogP contribution in [0.2, 0.25) is 0 Å². The summed E-state index contributed by atoms with van der Waals surface area (Å²) >= 11 is 0. The molecule has 0 bridgehead atoms. The quantitative estimate of drug-likeness (QED) is 0.888. The molecule has 1 fully saturated rings. The fourth-order valence-electron chi connectivity index (χ4n) is 3.32. The van der Waals surface area contributed by atoms with Crippen molar-refractivity contribution in [2.45, 2.75) is 25.3 Å². The van der Waals surface area contributed by atoms with Crippen molar-refractivity contribution >= 4 is 11.9 Å². The number of methoxy groups -OCH3 is 1. The minimum atomic E-state index is -0.954. The first kappa shape index (κ1) is 17.9. The third kappa shape index (κ3) is 3.69. The fourth-order valence-corrected chi connectivity index (χ4v) is 3.32. The molecule has 0 aromatic heterocycles. The van der Waals surface area contributed by atoms with Gasteiger partial charge in [-0.05, 0) is 48.2 Å². The van der Waals surface area contributed by atoms with E-state index in [1.54, 1.807) is 25.3 Å². The average molecular weight is 357 g/mol. The summed E-state index contributed by atoms with van der Waals surface area (Å²) in [6.07, 6.45) is 1.25. The van der Waals surface area contributed by atoms with Gasteiger partial charge in [-0.15, -0.1) is 0 Å². The summed E-state index contributed by atoms with van der Waals surface area (Å²) in [5.74, 6) is -1.30. The molecule has 1 unspecified atom stereocenters. The van der Waals surface area contributed by atoms with Crippen molar-refractivity contribution in [2.24, 2.45) is 0 Å². The molecule has 26 heavy (non-hydrogen) atoms. The van der Waals surface area contributed by atoms with E-state index < -0.39 is 17.7 Å². The van der Waals surface area contributed by atoms with Gasteiger partial charge in [0, 0.05) is 12.6 Å². The summed E-state index contributed by atoms with van der Waals surface area (Å²) < 4.78 is 19.7. The lowest BCUT2D eigenvalue weighted by molar-refractivity contribution is -0.137. The Bertz CT molecular complexity index is 819. The number of rotatable bonds is 5. The zero-order chi connectivity index (χ0) is 18.7. The van der Waals surface area contributed by atoms with Crippen LogP contribution in [0.5, 0.6) is 5.75 Å². The van der Waals surface area contributed by atoms with Crippen molar-refractivity contribution in [1.82, 2.24) is 4.90 Å². The summed E-state index contributed by atoms with van der Waals surface area (Å²) in [6.45, 7) is 0.455. The zero-order valence-electron chi connectivity index (χ0n) is 14.4. The molecular weight excluding hydrogens is 337 g/mol. The fraction of sp³-hybridized carbons (Fsp3) is 0.300. The van der Waals surface area contributed by atoms with Crippen molar-refractivity contribution in [3.63, 3.8) is 0 Å². The van der Waals surface area contributed by atoms with Crippen molar-refractivity contribution in [3.05, 3.63) is 53.8 Å². The highest BCUT2D eigenvalue weighted by Crippen LogP contribution is 2.27. The first-order chi connectivity index (χ1) is 12.5. The third-order valence-corrected chi connectivity index (χ3v) is 4.67. The van der Waals surface area contributed by atoms with E-state index in [1.165, 1.54) is 17.0 Å². The van der Waals surface area contributed by atoms with Gasteiger partial charge >= 0.3 is 5.97 Å². The predicted octanol–water partition coefficient (Wildman–Crippen LogP) is 3.58. The molecule has 0 spiro atoms. The van der Waals surface area contributed by atoms with Crippen molar-refractivity contribution in [2.75, 3.05) is 13.7 Å². The molecule has 1 saturated heterocycles. The number of halogens is 1. The van der Waals surface area contributed by atoms with Crippen LogP contribution in [0, 0.1) is 5.82 Å². The van der Waals surface area contributed by atoms with Crippen LogP contribution in [0.25, 0.3) is 11.1 Å². The van der Waals surface area contributed by atoms with Gasteiger partial charge in [-0.3, -0.25) is 9.59 Å². The Balaban J connectivity index is 1.82. The lowest BCUT2D eigenvalue weighted by Gasteiger charge is -2.23. The van der Waals surface area contributed by atoms with Gasteiger partial charge in [0.05, 0.1) is 19.1 Å². The van der Waals surface area contributed by atoms with Gasteiger partial charge < -0.3 is 14.7 Å². The second kappa shape index (κ2) is 7.56. The average Bonchev–Trinajstić information content (AvgIpc) is 3.08. The van der Waals surface area contributed by atoms with Crippen LogP contribution in [-0.4, -0.2) is 41.6 Å². The SMILES string of the molecule is COc1ccc(-c2ccc(C(=O)N3CCCC3CC(=O)O)c(F)c2)cc1. The molecular formula is C20H20FNO4. The van der Waals surface area contributed by atoms with Crippen LogP contribution < -0.4 is 4.74 Å². The van der Waals surface area contributed by atoms with Crippen LogP contribution in [-0.2, 0) is 4.79 Å². The molecule has 0 aliphatic carbocycles. The molecule has 2 aromatic rings. The van der Waals surface area contributed by atoms with E-state index in [1.807, 2.05) is 12.1 Å². The number of hydrogen-bond acceptors (Lipinski definition) is 3. The number of benzene rings is 2. The predicted molar refractivity (Wildman–Crippen MR) is 94.7 cm³/mol. The van der Waals surface area contributed by atoms with Crippen molar-refractivity contribution in [1.29, 1.82) is 0 Å². The molecule has 1 atom stereocenters. The number of carboxylic acid groups (broad SMARTS) is 1. The maximum Gasteiger partial charge on any atom is 0.305 e. The molecule has 5 nitrogen and oxygen atoms in total. The van der Waals surface area contributed by atoms with Crippen LogP contribution in [0.4, 0.5) is 4.39 Å². The van der Waals surface area contributed by atoms with Crippen molar-refractivity contribution < 1.29 is 23.8 Å². The minimum absolute atomic E-state index is 0.0282. The Labute approximate surface area is 151 Å². The number of carboxylic acids is 1. The van der Waals surface area contributed by atoms with Crippen LogP contribution in [0.1, 0.15) is 29.6 Å². The Morgan fingerprint density at radius 2 is 1.88 bits per heavy atom.